The highest BCUT2D eigenvalue weighted by atomic mass is 32.2. The van der Waals surface area contributed by atoms with Gasteiger partial charge in [0.25, 0.3) is 5.22 Å². The molecule has 1 N–H and O–H groups in total. The summed E-state index contributed by atoms with van der Waals surface area (Å²) in [5, 5.41) is 17.6. The van der Waals surface area contributed by atoms with Crippen molar-refractivity contribution in [1.82, 2.24) is 10.2 Å². The molecule has 0 bridgehead atoms. The molecule has 0 aliphatic heterocycles. The third-order valence-electron chi connectivity index (χ3n) is 1.95. The SMILES string of the molecule is CCCSc1nnc(-c2ccc(O)cc2)o1. The maximum Gasteiger partial charge on any atom is 0.276 e. The maximum atomic E-state index is 9.15. The van der Waals surface area contributed by atoms with Crippen LogP contribution in [-0.2, 0) is 0 Å². The normalized spacial score (nSPS) is 10.6. The highest BCUT2D eigenvalue weighted by Gasteiger charge is 2.08. The van der Waals surface area contributed by atoms with Crippen LogP contribution in [0.25, 0.3) is 11.5 Å². The maximum absolute atomic E-state index is 9.15. The summed E-state index contributed by atoms with van der Waals surface area (Å²) in [5.41, 5.74) is 0.814. The van der Waals surface area contributed by atoms with E-state index >= 15 is 0 Å². The van der Waals surface area contributed by atoms with Gasteiger partial charge < -0.3 is 9.52 Å². The number of rotatable bonds is 4. The standard InChI is InChI=1S/C11H12N2O2S/c1-2-7-16-11-13-12-10(15-11)8-3-5-9(14)6-4-8/h3-6,14H,2,7H2,1H3. The quantitative estimate of drug-likeness (QED) is 0.827. The molecule has 0 radical (unpaired) electrons. The number of phenolic OH excluding ortho intramolecular Hbond substituents is 1. The number of aromatic nitrogens is 2. The largest absolute Gasteiger partial charge is 0.508 e. The number of hydrogen-bond acceptors (Lipinski definition) is 5. The van der Waals surface area contributed by atoms with Crippen molar-refractivity contribution < 1.29 is 9.52 Å². The lowest BCUT2D eigenvalue weighted by atomic mass is 10.2. The van der Waals surface area contributed by atoms with E-state index < -0.39 is 0 Å². The van der Waals surface area contributed by atoms with Crippen molar-refractivity contribution in [1.29, 1.82) is 0 Å². The third kappa shape index (κ3) is 2.55. The molecule has 0 spiro atoms. The molecule has 5 heteroatoms. The lowest BCUT2D eigenvalue weighted by Crippen LogP contribution is -1.76. The first-order chi connectivity index (χ1) is 7.79. The summed E-state index contributed by atoms with van der Waals surface area (Å²) in [6, 6.07) is 6.69. The van der Waals surface area contributed by atoms with E-state index in [1.165, 1.54) is 0 Å². The number of phenols is 1. The van der Waals surface area contributed by atoms with Crippen LogP contribution >= 0.6 is 11.8 Å². The molecule has 0 amide bonds. The topological polar surface area (TPSA) is 59.2 Å². The second-order valence-electron chi connectivity index (χ2n) is 3.27. The van der Waals surface area contributed by atoms with Crippen molar-refractivity contribution in [2.75, 3.05) is 5.75 Å². The molecule has 0 aliphatic rings. The molecule has 1 aromatic heterocycles. The molecular weight excluding hydrogens is 224 g/mol. The number of hydrogen-bond donors (Lipinski definition) is 1. The Hall–Kier alpha value is -1.49. The zero-order valence-electron chi connectivity index (χ0n) is 8.88. The van der Waals surface area contributed by atoms with E-state index in [9.17, 15) is 0 Å². The number of nitrogens with zero attached hydrogens (tertiary/aromatic N) is 2. The Kier molecular flexibility index (Phi) is 3.46. The van der Waals surface area contributed by atoms with Crippen molar-refractivity contribution in [2.24, 2.45) is 0 Å². The van der Waals surface area contributed by atoms with Crippen LogP contribution in [0.5, 0.6) is 5.75 Å². The third-order valence-corrected chi connectivity index (χ3v) is 2.97. The van der Waals surface area contributed by atoms with Gasteiger partial charge in [-0.05, 0) is 30.7 Å². The van der Waals surface area contributed by atoms with E-state index in [4.69, 9.17) is 9.52 Å². The Bertz CT molecular complexity index is 453. The molecule has 0 aliphatic carbocycles. The van der Waals surface area contributed by atoms with Crippen LogP contribution in [0.15, 0.2) is 33.9 Å². The minimum atomic E-state index is 0.226. The van der Waals surface area contributed by atoms with Gasteiger partial charge in [0.1, 0.15) is 5.75 Å². The van der Waals surface area contributed by atoms with Gasteiger partial charge in [0, 0.05) is 11.3 Å². The van der Waals surface area contributed by atoms with Crippen LogP contribution < -0.4 is 0 Å². The fraction of sp³-hybridized carbons (Fsp3) is 0.273. The van der Waals surface area contributed by atoms with Gasteiger partial charge in [-0.2, -0.15) is 0 Å². The van der Waals surface area contributed by atoms with E-state index in [1.807, 2.05) is 0 Å². The first kappa shape index (κ1) is 11.0. The minimum absolute atomic E-state index is 0.226. The molecule has 1 heterocycles. The van der Waals surface area contributed by atoms with Crippen LogP contribution in [-0.4, -0.2) is 21.1 Å². The van der Waals surface area contributed by atoms with Crippen LogP contribution in [0, 0.1) is 0 Å². The second-order valence-corrected chi connectivity index (χ2v) is 4.31. The molecular formula is C11H12N2O2S. The lowest BCUT2D eigenvalue weighted by Gasteiger charge is -1.94. The number of aromatic hydroxyl groups is 1. The van der Waals surface area contributed by atoms with Crippen molar-refractivity contribution in [2.45, 2.75) is 18.6 Å². The fourth-order valence-corrected chi connectivity index (χ4v) is 1.79. The zero-order chi connectivity index (χ0) is 11.4. The van der Waals surface area contributed by atoms with Gasteiger partial charge in [0.2, 0.25) is 5.89 Å². The molecule has 0 saturated carbocycles. The predicted molar refractivity (Wildman–Crippen MR) is 62.4 cm³/mol. The van der Waals surface area contributed by atoms with Gasteiger partial charge in [-0.3, -0.25) is 0 Å². The van der Waals surface area contributed by atoms with E-state index in [0.29, 0.717) is 11.1 Å². The highest BCUT2D eigenvalue weighted by molar-refractivity contribution is 7.99. The molecule has 2 aromatic rings. The Morgan fingerprint density at radius 3 is 2.69 bits per heavy atom. The Balaban J connectivity index is 2.15. The molecule has 4 nitrogen and oxygen atoms in total. The average molecular weight is 236 g/mol. The smallest absolute Gasteiger partial charge is 0.276 e. The summed E-state index contributed by atoms with van der Waals surface area (Å²) in [7, 11) is 0. The molecule has 0 unspecified atom stereocenters. The van der Waals surface area contributed by atoms with Crippen LogP contribution in [0.3, 0.4) is 0 Å². The molecule has 0 fully saturated rings. The minimum Gasteiger partial charge on any atom is -0.508 e. The molecule has 2 rings (SSSR count). The molecule has 0 saturated heterocycles. The van der Waals surface area contributed by atoms with Crippen molar-refractivity contribution in [3.05, 3.63) is 24.3 Å². The predicted octanol–water partition coefficient (Wildman–Crippen LogP) is 2.94. The van der Waals surface area contributed by atoms with Crippen LogP contribution in [0.1, 0.15) is 13.3 Å². The van der Waals surface area contributed by atoms with Gasteiger partial charge >= 0.3 is 0 Å². The van der Waals surface area contributed by atoms with Gasteiger partial charge in [-0.1, -0.05) is 18.7 Å². The van der Waals surface area contributed by atoms with E-state index in [-0.39, 0.29) is 5.75 Å². The number of benzene rings is 1. The zero-order valence-corrected chi connectivity index (χ0v) is 9.70. The van der Waals surface area contributed by atoms with E-state index in [1.54, 1.807) is 36.0 Å². The van der Waals surface area contributed by atoms with Crippen LogP contribution in [0.4, 0.5) is 0 Å². The molecule has 0 atom stereocenters. The van der Waals surface area contributed by atoms with Crippen molar-refractivity contribution in [3.8, 4) is 17.2 Å². The Morgan fingerprint density at radius 1 is 1.25 bits per heavy atom. The first-order valence-electron chi connectivity index (χ1n) is 5.05. The average Bonchev–Trinajstić information content (AvgIpc) is 2.76. The lowest BCUT2D eigenvalue weighted by molar-refractivity contribution is 0.465. The Labute approximate surface area is 97.7 Å². The fourth-order valence-electron chi connectivity index (χ4n) is 1.18. The van der Waals surface area contributed by atoms with Crippen molar-refractivity contribution in [3.63, 3.8) is 0 Å². The summed E-state index contributed by atoms with van der Waals surface area (Å²) in [6.07, 6.45) is 1.07. The highest BCUT2D eigenvalue weighted by Crippen LogP contribution is 2.24. The summed E-state index contributed by atoms with van der Waals surface area (Å²) < 4.78 is 5.47. The summed E-state index contributed by atoms with van der Waals surface area (Å²) in [6.45, 7) is 2.10. The van der Waals surface area contributed by atoms with E-state index in [0.717, 1.165) is 17.7 Å². The first-order valence-corrected chi connectivity index (χ1v) is 6.04. The van der Waals surface area contributed by atoms with Gasteiger partial charge in [0.15, 0.2) is 0 Å². The number of thioether (sulfide) groups is 1. The van der Waals surface area contributed by atoms with Gasteiger partial charge in [-0.25, -0.2) is 0 Å². The summed E-state index contributed by atoms with van der Waals surface area (Å²) >= 11 is 1.55. The van der Waals surface area contributed by atoms with Crippen molar-refractivity contribution >= 4 is 11.8 Å². The molecule has 1 aromatic carbocycles. The summed E-state index contributed by atoms with van der Waals surface area (Å²) in [4.78, 5) is 0. The van der Waals surface area contributed by atoms with E-state index in [2.05, 4.69) is 17.1 Å². The monoisotopic (exact) mass is 236 g/mol. The molecule has 16 heavy (non-hydrogen) atoms. The van der Waals surface area contributed by atoms with Crippen LogP contribution in [0.2, 0.25) is 0 Å². The second kappa shape index (κ2) is 5.03. The molecule has 84 valence electrons. The van der Waals surface area contributed by atoms with Gasteiger partial charge in [-0.15, -0.1) is 10.2 Å². The summed E-state index contributed by atoms with van der Waals surface area (Å²) in [5.74, 6) is 1.68. The van der Waals surface area contributed by atoms with Gasteiger partial charge in [0.05, 0.1) is 0 Å². The Morgan fingerprint density at radius 2 is 2.00 bits per heavy atom.